The number of hydrogen-bond donors (Lipinski definition) is 1. The van der Waals surface area contributed by atoms with Gasteiger partial charge in [-0.25, -0.2) is 9.97 Å². The predicted octanol–water partition coefficient (Wildman–Crippen LogP) is 2.90. The van der Waals surface area contributed by atoms with E-state index in [-0.39, 0.29) is 11.5 Å². The Morgan fingerprint density at radius 3 is 2.60 bits per heavy atom. The maximum absolute atomic E-state index is 5.72. The molecular formula is C14H22IN3O2. The molecule has 0 radical (unpaired) electrons. The largest absolute Gasteiger partial charge is 0.376 e. The molecule has 0 amide bonds. The Labute approximate surface area is 134 Å². The molecule has 6 heteroatoms. The molecule has 1 N–H and O–H groups in total. The molecule has 1 unspecified atom stereocenters. The summed E-state index contributed by atoms with van der Waals surface area (Å²) in [4.78, 5) is 9.37. The van der Waals surface area contributed by atoms with Crippen LogP contribution in [0, 0.1) is 3.57 Å². The summed E-state index contributed by atoms with van der Waals surface area (Å²) in [7, 11) is 0. The van der Waals surface area contributed by atoms with Gasteiger partial charge in [-0.3, -0.25) is 0 Å². The zero-order valence-electron chi connectivity index (χ0n) is 12.5. The number of anilines is 1. The molecule has 1 aromatic rings. The summed E-state index contributed by atoms with van der Waals surface area (Å²) in [6.45, 7) is 11.1. The Morgan fingerprint density at radius 2 is 2.05 bits per heavy atom. The van der Waals surface area contributed by atoms with Gasteiger partial charge in [0, 0.05) is 12.0 Å². The molecule has 2 heterocycles. The molecule has 5 nitrogen and oxygen atoms in total. The summed E-state index contributed by atoms with van der Waals surface area (Å²) >= 11 is 2.32. The summed E-state index contributed by atoms with van der Waals surface area (Å²) in [6, 6.07) is 0. The molecule has 1 aromatic heterocycles. The highest BCUT2D eigenvalue weighted by Crippen LogP contribution is 2.31. The van der Waals surface area contributed by atoms with Gasteiger partial charge in [-0.2, -0.15) is 0 Å². The van der Waals surface area contributed by atoms with Crippen LogP contribution >= 0.6 is 22.6 Å². The second kappa shape index (κ2) is 6.53. The van der Waals surface area contributed by atoms with Gasteiger partial charge in [-0.15, -0.1) is 0 Å². The predicted molar refractivity (Wildman–Crippen MR) is 87.1 cm³/mol. The van der Waals surface area contributed by atoms with Crippen molar-refractivity contribution >= 4 is 28.4 Å². The Bertz CT molecular complexity index is 468. The van der Waals surface area contributed by atoms with Crippen LogP contribution in [-0.2, 0) is 14.9 Å². The molecule has 0 aromatic carbocycles. The molecular weight excluding hydrogens is 369 g/mol. The Kier molecular flexibility index (Phi) is 5.19. The minimum Gasteiger partial charge on any atom is -0.376 e. The number of ether oxygens (including phenoxy) is 2. The second-order valence-electron chi connectivity index (χ2n) is 5.81. The maximum atomic E-state index is 5.72. The lowest BCUT2D eigenvalue weighted by atomic mass is 9.92. The average molecular weight is 391 g/mol. The van der Waals surface area contributed by atoms with Crippen LogP contribution in [-0.4, -0.2) is 36.3 Å². The fourth-order valence-corrected chi connectivity index (χ4v) is 3.27. The number of hydrogen-bond acceptors (Lipinski definition) is 5. The van der Waals surface area contributed by atoms with E-state index in [9.17, 15) is 0 Å². The summed E-state index contributed by atoms with van der Waals surface area (Å²) in [5, 5.41) is 3.31. The van der Waals surface area contributed by atoms with Gasteiger partial charge in [-0.1, -0.05) is 20.8 Å². The lowest BCUT2D eigenvalue weighted by molar-refractivity contribution is -0.0936. The van der Waals surface area contributed by atoms with Gasteiger partial charge in [0.2, 0.25) is 0 Å². The molecule has 112 valence electrons. The highest BCUT2D eigenvalue weighted by Gasteiger charge is 2.27. The molecule has 1 fully saturated rings. The van der Waals surface area contributed by atoms with Crippen LogP contribution in [0.3, 0.4) is 0 Å². The first-order chi connectivity index (χ1) is 9.43. The summed E-state index contributed by atoms with van der Waals surface area (Å²) < 4.78 is 12.3. The van der Waals surface area contributed by atoms with Crippen molar-refractivity contribution in [3.63, 3.8) is 0 Å². The van der Waals surface area contributed by atoms with Crippen LogP contribution in [0.5, 0.6) is 0 Å². The molecule has 1 aliphatic heterocycles. The highest BCUT2D eigenvalue weighted by atomic mass is 127. The van der Waals surface area contributed by atoms with Gasteiger partial charge >= 0.3 is 0 Å². The van der Waals surface area contributed by atoms with Crippen molar-refractivity contribution in [2.75, 3.05) is 31.7 Å². The van der Waals surface area contributed by atoms with Crippen molar-refractivity contribution in [2.45, 2.75) is 39.2 Å². The van der Waals surface area contributed by atoms with Crippen LogP contribution in [0.1, 0.15) is 45.3 Å². The topological polar surface area (TPSA) is 56.3 Å². The van der Waals surface area contributed by atoms with E-state index in [4.69, 9.17) is 14.5 Å². The second-order valence-corrected chi connectivity index (χ2v) is 6.89. The monoisotopic (exact) mass is 391 g/mol. The van der Waals surface area contributed by atoms with E-state index in [1.807, 2.05) is 0 Å². The van der Waals surface area contributed by atoms with E-state index in [0.29, 0.717) is 25.6 Å². The molecule has 0 bridgehead atoms. The third-order valence-corrected chi connectivity index (χ3v) is 4.05. The van der Waals surface area contributed by atoms with E-state index in [0.717, 1.165) is 21.6 Å². The average Bonchev–Trinajstić information content (AvgIpc) is 2.41. The molecule has 1 atom stereocenters. The van der Waals surface area contributed by atoms with Crippen molar-refractivity contribution in [3.8, 4) is 0 Å². The molecule has 0 aliphatic carbocycles. The smallest absolute Gasteiger partial charge is 0.162 e. The van der Waals surface area contributed by atoms with Gasteiger partial charge in [0.25, 0.3) is 0 Å². The van der Waals surface area contributed by atoms with Crippen molar-refractivity contribution in [1.29, 1.82) is 0 Å². The Balaban J connectivity index is 2.43. The zero-order valence-corrected chi connectivity index (χ0v) is 14.7. The van der Waals surface area contributed by atoms with Gasteiger partial charge in [0.15, 0.2) is 5.82 Å². The molecule has 1 aliphatic rings. The quantitative estimate of drug-likeness (QED) is 0.804. The van der Waals surface area contributed by atoms with Crippen molar-refractivity contribution in [3.05, 3.63) is 15.1 Å². The standard InChI is InChI=1S/C14H22IN3O2/c1-5-16-13-10(15)11(14(2,3)4)17-12(18-13)9-8-19-6-7-20-9/h9H,5-8H2,1-4H3,(H,16,17,18). The van der Waals surface area contributed by atoms with Gasteiger partial charge in [0.1, 0.15) is 11.9 Å². The first kappa shape index (κ1) is 15.9. The maximum Gasteiger partial charge on any atom is 0.162 e. The fourth-order valence-electron chi connectivity index (χ4n) is 2.03. The molecule has 0 saturated carbocycles. The van der Waals surface area contributed by atoms with E-state index >= 15 is 0 Å². The third kappa shape index (κ3) is 3.59. The SMILES string of the molecule is CCNc1nc(C2COCCO2)nc(C(C)(C)C)c1I. The van der Waals surface area contributed by atoms with Crippen LogP contribution in [0.15, 0.2) is 0 Å². The van der Waals surface area contributed by atoms with Crippen molar-refractivity contribution < 1.29 is 9.47 Å². The third-order valence-electron chi connectivity index (χ3n) is 3.03. The first-order valence-corrected chi connectivity index (χ1v) is 8.02. The van der Waals surface area contributed by atoms with E-state index in [1.165, 1.54) is 0 Å². The van der Waals surface area contributed by atoms with Gasteiger partial charge < -0.3 is 14.8 Å². The lowest BCUT2D eigenvalue weighted by Crippen LogP contribution is -2.26. The zero-order chi connectivity index (χ0) is 14.8. The van der Waals surface area contributed by atoms with E-state index < -0.39 is 0 Å². The minimum atomic E-state index is -0.167. The lowest BCUT2D eigenvalue weighted by Gasteiger charge is -2.26. The van der Waals surface area contributed by atoms with Gasteiger partial charge in [-0.05, 0) is 29.5 Å². The summed E-state index contributed by atoms with van der Waals surface area (Å²) in [6.07, 6.45) is -0.167. The van der Waals surface area contributed by atoms with E-state index in [2.05, 4.69) is 60.6 Å². The van der Waals surface area contributed by atoms with Crippen LogP contribution in [0.4, 0.5) is 5.82 Å². The number of rotatable bonds is 3. The van der Waals surface area contributed by atoms with Crippen molar-refractivity contribution in [1.82, 2.24) is 9.97 Å². The molecule has 0 spiro atoms. The van der Waals surface area contributed by atoms with Crippen LogP contribution < -0.4 is 5.32 Å². The summed E-state index contributed by atoms with van der Waals surface area (Å²) in [5.41, 5.74) is 1.02. The Morgan fingerprint density at radius 1 is 1.30 bits per heavy atom. The number of halogens is 1. The highest BCUT2D eigenvalue weighted by molar-refractivity contribution is 14.1. The number of aromatic nitrogens is 2. The van der Waals surface area contributed by atoms with E-state index in [1.54, 1.807) is 0 Å². The molecule has 2 rings (SSSR count). The number of nitrogens with zero attached hydrogens (tertiary/aromatic N) is 2. The molecule has 1 saturated heterocycles. The van der Waals surface area contributed by atoms with Gasteiger partial charge in [0.05, 0.1) is 29.1 Å². The number of nitrogens with one attached hydrogen (secondary N) is 1. The fraction of sp³-hybridized carbons (Fsp3) is 0.714. The van der Waals surface area contributed by atoms with Crippen molar-refractivity contribution in [2.24, 2.45) is 0 Å². The molecule has 20 heavy (non-hydrogen) atoms. The van der Waals surface area contributed by atoms with Crippen LogP contribution in [0.2, 0.25) is 0 Å². The normalized spacial score (nSPS) is 19.9. The minimum absolute atomic E-state index is 0.0338. The summed E-state index contributed by atoms with van der Waals surface area (Å²) in [5.74, 6) is 1.60. The Hall–Kier alpha value is -0.470. The first-order valence-electron chi connectivity index (χ1n) is 6.94. The van der Waals surface area contributed by atoms with Crippen LogP contribution in [0.25, 0.3) is 0 Å².